The Morgan fingerprint density at radius 2 is 2.06 bits per heavy atom. The van der Waals surface area contributed by atoms with E-state index in [9.17, 15) is 0 Å². The van der Waals surface area contributed by atoms with Gasteiger partial charge in [-0.05, 0) is 31.6 Å². The Hall–Kier alpha value is -0.770. The molecule has 0 amide bonds. The van der Waals surface area contributed by atoms with Crippen molar-refractivity contribution in [3.63, 3.8) is 0 Å². The molecule has 0 spiro atoms. The molecule has 0 aromatic carbocycles. The lowest BCUT2D eigenvalue weighted by atomic mass is 9.75. The van der Waals surface area contributed by atoms with Gasteiger partial charge < -0.3 is 4.90 Å². The van der Waals surface area contributed by atoms with Crippen LogP contribution in [0.3, 0.4) is 0 Å². The van der Waals surface area contributed by atoms with Crippen LogP contribution in [-0.2, 0) is 0 Å². The van der Waals surface area contributed by atoms with Gasteiger partial charge in [0, 0.05) is 19.6 Å². The zero-order valence-corrected chi connectivity index (χ0v) is 10.3. The van der Waals surface area contributed by atoms with E-state index in [1.165, 1.54) is 32.1 Å². The van der Waals surface area contributed by atoms with Crippen molar-refractivity contribution in [1.82, 2.24) is 10.3 Å². The Labute approximate surface area is 98.3 Å². The first-order chi connectivity index (χ1) is 7.85. The monoisotopic (exact) mass is 224 g/mol. The van der Waals surface area contributed by atoms with E-state index in [2.05, 4.69) is 15.3 Å². The van der Waals surface area contributed by atoms with Crippen molar-refractivity contribution in [2.24, 2.45) is 22.7 Å². The summed E-state index contributed by atoms with van der Waals surface area (Å²) < 4.78 is 0. The number of hydrogen-bond acceptors (Lipinski definition) is 2. The van der Waals surface area contributed by atoms with Gasteiger partial charge in [-0.2, -0.15) is 0 Å². The normalized spacial score (nSPS) is 31.1. The summed E-state index contributed by atoms with van der Waals surface area (Å²) >= 11 is 0. The number of nitrogens with one attached hydrogen (secondary N) is 1. The number of likely N-dealkylation sites (tertiary alicyclic amines) is 1. The molecule has 0 radical (unpaired) electrons. The summed E-state index contributed by atoms with van der Waals surface area (Å²) in [5.74, 6) is 8.25. The van der Waals surface area contributed by atoms with Crippen LogP contribution in [0.1, 0.15) is 39.0 Å². The SMILES string of the molecule is CCN=C(NN)N1CCC2CCCCC2C1. The van der Waals surface area contributed by atoms with E-state index in [1.54, 1.807) is 0 Å². The Balaban J connectivity index is 1.96. The van der Waals surface area contributed by atoms with Crippen LogP contribution in [0, 0.1) is 11.8 Å². The van der Waals surface area contributed by atoms with Crippen molar-refractivity contribution >= 4 is 5.96 Å². The fraction of sp³-hybridized carbons (Fsp3) is 0.917. The average molecular weight is 224 g/mol. The maximum Gasteiger partial charge on any atom is 0.208 e. The van der Waals surface area contributed by atoms with Crippen LogP contribution in [0.5, 0.6) is 0 Å². The molecule has 4 heteroatoms. The third-order valence-corrected chi connectivity index (χ3v) is 4.03. The Morgan fingerprint density at radius 3 is 2.75 bits per heavy atom. The summed E-state index contributed by atoms with van der Waals surface area (Å²) in [4.78, 5) is 6.74. The van der Waals surface area contributed by atoms with E-state index in [4.69, 9.17) is 5.84 Å². The number of hydrogen-bond donors (Lipinski definition) is 2. The van der Waals surface area contributed by atoms with Crippen molar-refractivity contribution in [3.8, 4) is 0 Å². The molecule has 1 aliphatic carbocycles. The number of fused-ring (bicyclic) bond motifs is 1. The van der Waals surface area contributed by atoms with Crippen LogP contribution in [0.2, 0.25) is 0 Å². The van der Waals surface area contributed by atoms with Crippen LogP contribution >= 0.6 is 0 Å². The van der Waals surface area contributed by atoms with Gasteiger partial charge in [0.25, 0.3) is 0 Å². The molecular weight excluding hydrogens is 200 g/mol. The van der Waals surface area contributed by atoms with E-state index in [0.717, 1.165) is 37.4 Å². The molecule has 2 unspecified atom stereocenters. The first kappa shape index (κ1) is 11.7. The molecule has 1 saturated heterocycles. The summed E-state index contributed by atoms with van der Waals surface area (Å²) in [7, 11) is 0. The molecule has 1 saturated carbocycles. The zero-order chi connectivity index (χ0) is 11.4. The third-order valence-electron chi connectivity index (χ3n) is 4.03. The molecule has 92 valence electrons. The Morgan fingerprint density at radius 1 is 1.31 bits per heavy atom. The molecule has 0 aromatic rings. The highest BCUT2D eigenvalue weighted by Crippen LogP contribution is 2.35. The first-order valence-corrected chi connectivity index (χ1v) is 6.61. The Kier molecular flexibility index (Phi) is 4.04. The minimum Gasteiger partial charge on any atom is -0.342 e. The van der Waals surface area contributed by atoms with Gasteiger partial charge in [-0.3, -0.25) is 10.4 Å². The molecule has 2 rings (SSSR count). The maximum atomic E-state index is 5.54. The molecule has 0 bridgehead atoms. The van der Waals surface area contributed by atoms with Gasteiger partial charge in [-0.1, -0.05) is 19.3 Å². The molecule has 3 N–H and O–H groups in total. The number of rotatable bonds is 1. The van der Waals surface area contributed by atoms with Gasteiger partial charge in [-0.15, -0.1) is 0 Å². The lowest BCUT2D eigenvalue weighted by molar-refractivity contribution is 0.127. The van der Waals surface area contributed by atoms with E-state index < -0.39 is 0 Å². The Bertz CT molecular complexity index is 251. The lowest BCUT2D eigenvalue weighted by Gasteiger charge is -2.42. The summed E-state index contributed by atoms with van der Waals surface area (Å²) in [6, 6.07) is 0. The quantitative estimate of drug-likeness (QED) is 0.306. The van der Waals surface area contributed by atoms with Gasteiger partial charge in [0.2, 0.25) is 5.96 Å². The predicted molar refractivity (Wildman–Crippen MR) is 66.9 cm³/mol. The standard InChI is InChI=1S/C12H24N4/c1-2-14-12(15-13)16-8-7-10-5-3-4-6-11(10)9-16/h10-11H,2-9,13H2,1H3,(H,14,15). The summed E-state index contributed by atoms with van der Waals surface area (Å²) in [6.07, 6.45) is 6.99. The second kappa shape index (κ2) is 5.53. The van der Waals surface area contributed by atoms with Crippen LogP contribution in [-0.4, -0.2) is 30.5 Å². The molecule has 4 nitrogen and oxygen atoms in total. The van der Waals surface area contributed by atoms with Crippen molar-refractivity contribution in [2.45, 2.75) is 39.0 Å². The van der Waals surface area contributed by atoms with E-state index in [1.807, 2.05) is 6.92 Å². The molecule has 1 aliphatic heterocycles. The van der Waals surface area contributed by atoms with E-state index in [0.29, 0.717) is 0 Å². The molecular formula is C12H24N4. The molecule has 2 fully saturated rings. The molecule has 1 heterocycles. The van der Waals surface area contributed by atoms with Crippen LogP contribution in [0.15, 0.2) is 4.99 Å². The highest BCUT2D eigenvalue weighted by atomic mass is 15.4. The number of piperidine rings is 1. The van der Waals surface area contributed by atoms with Gasteiger partial charge in [0.15, 0.2) is 0 Å². The molecule has 2 atom stereocenters. The van der Waals surface area contributed by atoms with Gasteiger partial charge in [0.05, 0.1) is 0 Å². The third kappa shape index (κ3) is 2.48. The van der Waals surface area contributed by atoms with Gasteiger partial charge in [-0.25, -0.2) is 5.84 Å². The molecule has 2 aliphatic rings. The highest BCUT2D eigenvalue weighted by Gasteiger charge is 2.31. The second-order valence-corrected chi connectivity index (χ2v) is 4.98. The second-order valence-electron chi connectivity index (χ2n) is 4.98. The summed E-state index contributed by atoms with van der Waals surface area (Å²) in [5, 5.41) is 0. The fourth-order valence-corrected chi connectivity index (χ4v) is 3.18. The predicted octanol–water partition coefficient (Wildman–Crippen LogP) is 1.34. The van der Waals surface area contributed by atoms with Gasteiger partial charge in [0.1, 0.15) is 0 Å². The zero-order valence-electron chi connectivity index (χ0n) is 10.3. The van der Waals surface area contributed by atoms with Crippen molar-refractivity contribution < 1.29 is 0 Å². The van der Waals surface area contributed by atoms with Gasteiger partial charge >= 0.3 is 0 Å². The number of nitrogens with two attached hydrogens (primary N) is 1. The summed E-state index contributed by atoms with van der Waals surface area (Å²) in [5.41, 5.74) is 2.74. The smallest absolute Gasteiger partial charge is 0.208 e. The number of nitrogens with zero attached hydrogens (tertiary/aromatic N) is 2. The maximum absolute atomic E-state index is 5.54. The number of hydrazine groups is 1. The average Bonchev–Trinajstić information content (AvgIpc) is 2.35. The van der Waals surface area contributed by atoms with E-state index >= 15 is 0 Å². The number of aliphatic imine (C=N–C) groups is 1. The number of guanidine groups is 1. The largest absolute Gasteiger partial charge is 0.342 e. The summed E-state index contributed by atoms with van der Waals surface area (Å²) in [6.45, 7) is 5.10. The van der Waals surface area contributed by atoms with E-state index in [-0.39, 0.29) is 0 Å². The minimum atomic E-state index is 0.796. The molecule has 16 heavy (non-hydrogen) atoms. The van der Waals surface area contributed by atoms with Crippen molar-refractivity contribution in [1.29, 1.82) is 0 Å². The van der Waals surface area contributed by atoms with Crippen molar-refractivity contribution in [2.75, 3.05) is 19.6 Å². The minimum absolute atomic E-state index is 0.796. The molecule has 0 aromatic heterocycles. The van der Waals surface area contributed by atoms with Crippen LogP contribution < -0.4 is 11.3 Å². The highest BCUT2D eigenvalue weighted by molar-refractivity contribution is 5.79. The lowest BCUT2D eigenvalue weighted by Crippen LogP contribution is -2.51. The topological polar surface area (TPSA) is 53.6 Å². The van der Waals surface area contributed by atoms with Crippen LogP contribution in [0.25, 0.3) is 0 Å². The fourth-order valence-electron chi connectivity index (χ4n) is 3.18. The van der Waals surface area contributed by atoms with Crippen molar-refractivity contribution in [3.05, 3.63) is 0 Å². The van der Waals surface area contributed by atoms with Crippen LogP contribution in [0.4, 0.5) is 0 Å². The first-order valence-electron chi connectivity index (χ1n) is 6.61.